The number of nitrogens with zero attached hydrogens (tertiary/aromatic N) is 1. The van der Waals surface area contributed by atoms with Crippen LogP contribution in [0.1, 0.15) is 5.56 Å². The second-order valence-electron chi connectivity index (χ2n) is 4.79. The Hall–Kier alpha value is -0.430. The van der Waals surface area contributed by atoms with Crippen LogP contribution in [0, 0.1) is 6.92 Å². The summed E-state index contributed by atoms with van der Waals surface area (Å²) in [5.41, 5.74) is 1.55. The van der Waals surface area contributed by atoms with Crippen LogP contribution in [-0.4, -0.2) is 30.6 Å². The van der Waals surface area contributed by atoms with Crippen LogP contribution in [-0.2, 0) is 4.79 Å². The number of carbonyl (C=O) groups is 1. The summed E-state index contributed by atoms with van der Waals surface area (Å²) in [6.45, 7) is 1.91. The van der Waals surface area contributed by atoms with Gasteiger partial charge in [-0.15, -0.1) is 0 Å². The van der Waals surface area contributed by atoms with E-state index in [1.165, 1.54) is 10.3 Å². The van der Waals surface area contributed by atoms with Gasteiger partial charge >= 0.3 is 0 Å². The quantitative estimate of drug-likeness (QED) is 0.761. The molecule has 0 fully saturated rings. The van der Waals surface area contributed by atoms with E-state index < -0.39 is 26.3 Å². The number of carbonyl (C=O) groups excluding carboxylic acids is 1. The van der Waals surface area contributed by atoms with E-state index in [2.05, 4.69) is 0 Å². The van der Waals surface area contributed by atoms with E-state index in [4.69, 9.17) is 34.8 Å². The number of rotatable bonds is 2. The summed E-state index contributed by atoms with van der Waals surface area (Å²) in [6.07, 6.45) is 1.55. The van der Waals surface area contributed by atoms with Crippen molar-refractivity contribution in [1.29, 1.82) is 0 Å². The summed E-state index contributed by atoms with van der Waals surface area (Å²) < 4.78 is 17.3. The predicted molar refractivity (Wildman–Crippen MR) is 89.6 cm³/mol. The SMILES string of the molecule is Cc1ccc(N(C(=O)C(Cl)(Cl)Cl)C2C=CS(O)(O)C2)cc1. The normalized spacial score (nSPS) is 22.1. The third kappa shape index (κ3) is 4.06. The van der Waals surface area contributed by atoms with Crippen LogP contribution in [0.5, 0.6) is 0 Å². The summed E-state index contributed by atoms with van der Waals surface area (Å²) in [5, 5.41) is 1.30. The molecule has 116 valence electrons. The van der Waals surface area contributed by atoms with Gasteiger partial charge < -0.3 is 4.90 Å². The second-order valence-corrected chi connectivity index (χ2v) is 9.11. The number of anilines is 1. The van der Waals surface area contributed by atoms with Crippen molar-refractivity contribution in [3.63, 3.8) is 0 Å². The Morgan fingerprint density at radius 2 is 1.86 bits per heavy atom. The predicted octanol–water partition coefficient (Wildman–Crippen LogP) is 4.34. The first-order valence-electron chi connectivity index (χ1n) is 6.01. The van der Waals surface area contributed by atoms with Crippen molar-refractivity contribution in [3.8, 4) is 0 Å². The van der Waals surface area contributed by atoms with Gasteiger partial charge in [-0.05, 0) is 25.1 Å². The molecule has 21 heavy (non-hydrogen) atoms. The third-order valence-corrected chi connectivity index (χ3v) is 4.95. The van der Waals surface area contributed by atoms with Gasteiger partial charge in [0, 0.05) is 11.1 Å². The molecule has 4 nitrogen and oxygen atoms in total. The molecular weight excluding hydrogens is 357 g/mol. The van der Waals surface area contributed by atoms with Gasteiger partial charge in [0.05, 0.1) is 11.8 Å². The van der Waals surface area contributed by atoms with Crippen LogP contribution in [0.3, 0.4) is 0 Å². The molecule has 0 saturated carbocycles. The van der Waals surface area contributed by atoms with Crippen molar-refractivity contribution in [3.05, 3.63) is 41.3 Å². The van der Waals surface area contributed by atoms with Crippen LogP contribution in [0.4, 0.5) is 5.69 Å². The fourth-order valence-corrected chi connectivity index (χ4v) is 3.62. The lowest BCUT2D eigenvalue weighted by molar-refractivity contribution is -0.118. The van der Waals surface area contributed by atoms with Gasteiger partial charge in [-0.1, -0.05) is 52.5 Å². The Morgan fingerprint density at radius 1 is 1.29 bits per heavy atom. The fourth-order valence-electron chi connectivity index (χ4n) is 2.04. The van der Waals surface area contributed by atoms with Crippen LogP contribution in [0.25, 0.3) is 0 Å². The van der Waals surface area contributed by atoms with E-state index in [-0.39, 0.29) is 5.75 Å². The van der Waals surface area contributed by atoms with Crippen LogP contribution >= 0.6 is 45.4 Å². The number of hydrogen-bond acceptors (Lipinski definition) is 3. The zero-order valence-electron chi connectivity index (χ0n) is 11.0. The van der Waals surface area contributed by atoms with Crippen molar-refractivity contribution in [2.45, 2.75) is 16.8 Å². The number of amides is 1. The molecule has 2 rings (SSSR count). The van der Waals surface area contributed by atoms with Gasteiger partial charge in [-0.25, -0.2) is 0 Å². The smallest absolute Gasteiger partial charge is 0.279 e. The van der Waals surface area contributed by atoms with E-state index in [0.29, 0.717) is 5.69 Å². The Labute approximate surface area is 139 Å². The zero-order valence-corrected chi connectivity index (χ0v) is 14.1. The third-order valence-electron chi connectivity index (χ3n) is 3.04. The molecule has 0 aliphatic carbocycles. The molecule has 2 N–H and O–H groups in total. The van der Waals surface area contributed by atoms with Crippen molar-refractivity contribution in [2.24, 2.45) is 0 Å². The molecule has 0 saturated heterocycles. The summed E-state index contributed by atoms with van der Waals surface area (Å²) in [7, 11) is -2.84. The number of halogens is 3. The highest BCUT2D eigenvalue weighted by Crippen LogP contribution is 2.47. The maximum atomic E-state index is 12.4. The topological polar surface area (TPSA) is 60.8 Å². The highest BCUT2D eigenvalue weighted by atomic mass is 35.6. The molecule has 1 aliphatic heterocycles. The Balaban J connectivity index is 2.38. The van der Waals surface area contributed by atoms with Gasteiger partial charge in [0.25, 0.3) is 9.70 Å². The van der Waals surface area contributed by atoms with Gasteiger partial charge in [0.2, 0.25) is 0 Å². The lowest BCUT2D eigenvalue weighted by atomic mass is 10.2. The molecular formula is C13H14Cl3NO3S. The van der Waals surface area contributed by atoms with Crippen molar-refractivity contribution in [2.75, 3.05) is 10.7 Å². The molecule has 1 amide bonds. The molecule has 1 aromatic carbocycles. The van der Waals surface area contributed by atoms with Crippen LogP contribution in [0.15, 0.2) is 35.7 Å². The average molecular weight is 371 g/mol. The summed E-state index contributed by atoms with van der Waals surface area (Å²) in [6, 6.07) is 6.53. The monoisotopic (exact) mass is 369 g/mol. The maximum Gasteiger partial charge on any atom is 0.279 e. The number of benzene rings is 1. The first-order chi connectivity index (χ1) is 9.60. The van der Waals surface area contributed by atoms with Gasteiger partial charge in [-0.2, -0.15) is 10.6 Å². The lowest BCUT2D eigenvalue weighted by Crippen LogP contribution is -2.46. The molecule has 1 atom stereocenters. The number of aryl methyl sites for hydroxylation is 1. The molecule has 1 unspecified atom stereocenters. The van der Waals surface area contributed by atoms with Gasteiger partial charge in [0.15, 0.2) is 0 Å². The van der Waals surface area contributed by atoms with Crippen LogP contribution < -0.4 is 4.90 Å². The molecule has 1 heterocycles. The highest BCUT2D eigenvalue weighted by Gasteiger charge is 2.41. The van der Waals surface area contributed by atoms with Crippen molar-refractivity contribution >= 4 is 57.0 Å². The lowest BCUT2D eigenvalue weighted by Gasteiger charge is -2.33. The van der Waals surface area contributed by atoms with Crippen LogP contribution in [0.2, 0.25) is 0 Å². The van der Waals surface area contributed by atoms with Gasteiger partial charge in [-0.3, -0.25) is 13.9 Å². The summed E-state index contributed by atoms with van der Waals surface area (Å²) >= 11 is 17.1. The minimum atomic E-state index is -2.84. The Kier molecular flexibility index (Phi) is 4.83. The van der Waals surface area contributed by atoms with E-state index in [9.17, 15) is 13.9 Å². The fraction of sp³-hybridized carbons (Fsp3) is 0.308. The molecule has 0 radical (unpaired) electrons. The minimum Gasteiger partial charge on any atom is -0.300 e. The minimum absolute atomic E-state index is 0.00658. The molecule has 0 aromatic heterocycles. The second kappa shape index (κ2) is 5.99. The molecule has 0 spiro atoms. The van der Waals surface area contributed by atoms with Gasteiger partial charge in [0.1, 0.15) is 0 Å². The zero-order chi connectivity index (χ0) is 15.8. The average Bonchev–Trinajstić information content (AvgIpc) is 2.71. The standard InChI is InChI=1S/C13H14Cl3NO3S/c1-9-2-4-10(5-3-9)17(12(18)13(14,15)16)11-6-7-21(19,20)8-11/h2-7,11,19-20H,8H2,1H3. The highest BCUT2D eigenvalue weighted by molar-refractivity contribution is 8.27. The van der Waals surface area contributed by atoms with E-state index in [0.717, 1.165) is 5.56 Å². The summed E-state index contributed by atoms with van der Waals surface area (Å²) in [5.74, 6) is -0.740. The Bertz CT molecular complexity index is 569. The number of hydrogen-bond donors (Lipinski definition) is 2. The maximum absolute atomic E-state index is 12.4. The van der Waals surface area contributed by atoms with E-state index in [1.54, 1.807) is 18.2 Å². The Morgan fingerprint density at radius 3 is 2.29 bits per heavy atom. The first kappa shape index (κ1) is 16.9. The summed E-state index contributed by atoms with van der Waals surface area (Å²) in [4.78, 5) is 13.7. The largest absolute Gasteiger partial charge is 0.300 e. The van der Waals surface area contributed by atoms with E-state index >= 15 is 0 Å². The molecule has 0 bridgehead atoms. The van der Waals surface area contributed by atoms with Crippen molar-refractivity contribution in [1.82, 2.24) is 0 Å². The number of alkyl halides is 3. The molecule has 8 heteroatoms. The van der Waals surface area contributed by atoms with Crippen molar-refractivity contribution < 1.29 is 13.9 Å². The molecule has 1 aliphatic rings. The molecule has 1 aromatic rings. The van der Waals surface area contributed by atoms with E-state index in [1.807, 2.05) is 19.1 Å². The first-order valence-corrected chi connectivity index (χ1v) is 8.93.